The summed E-state index contributed by atoms with van der Waals surface area (Å²) in [6.07, 6.45) is 3.90. The van der Waals surface area contributed by atoms with Crippen LogP contribution < -0.4 is 0 Å². The summed E-state index contributed by atoms with van der Waals surface area (Å²) < 4.78 is 31.0. The van der Waals surface area contributed by atoms with Gasteiger partial charge in [-0.15, -0.1) is 0 Å². The summed E-state index contributed by atoms with van der Waals surface area (Å²) in [5.41, 5.74) is 0. The molecule has 4 nitrogen and oxygen atoms in total. The molecule has 0 aliphatic rings. The van der Waals surface area contributed by atoms with Crippen molar-refractivity contribution in [2.75, 3.05) is 6.61 Å². The molecule has 0 spiro atoms. The topological polar surface area (TPSA) is 58.9 Å². The van der Waals surface area contributed by atoms with Crippen LogP contribution in [-0.2, 0) is 24.5 Å². The summed E-state index contributed by atoms with van der Waals surface area (Å²) in [7, 11) is -2.02. The molecule has 0 saturated heterocycles. The van der Waals surface area contributed by atoms with Gasteiger partial charge >= 0.3 is 118 Å². The van der Waals surface area contributed by atoms with E-state index < -0.39 is 26.5 Å². The summed E-state index contributed by atoms with van der Waals surface area (Å²) in [4.78, 5) is 0. The second-order valence-corrected chi connectivity index (χ2v) is 12.1. The van der Waals surface area contributed by atoms with Gasteiger partial charge in [-0.1, -0.05) is 0 Å². The van der Waals surface area contributed by atoms with E-state index in [-0.39, 0.29) is 0 Å². The van der Waals surface area contributed by atoms with Crippen molar-refractivity contribution in [1.82, 2.24) is 0 Å². The number of hydrogen-bond acceptors (Lipinski definition) is 4. The van der Waals surface area contributed by atoms with Crippen LogP contribution in [0.25, 0.3) is 0 Å². The minimum atomic E-state index is -4.44. The van der Waals surface area contributed by atoms with Gasteiger partial charge in [0.1, 0.15) is 0 Å². The van der Waals surface area contributed by atoms with Crippen molar-refractivity contribution >= 4 is 8.32 Å². The zero-order valence-electron chi connectivity index (χ0n) is 12.4. The molecule has 6 heteroatoms. The van der Waals surface area contributed by atoms with Gasteiger partial charge in [-0.05, 0) is 0 Å². The molecule has 0 atom stereocenters. The predicted octanol–water partition coefficient (Wildman–Crippen LogP) is 3.40. The molecule has 0 aromatic rings. The first kappa shape index (κ1) is 18.8. The summed E-state index contributed by atoms with van der Waals surface area (Å²) in [6, 6.07) is 2.99. The van der Waals surface area contributed by atoms with Crippen LogP contribution >= 0.6 is 0 Å². The summed E-state index contributed by atoms with van der Waals surface area (Å²) in [6.45, 7) is 8.72. The molecule has 0 aromatic heterocycles. The normalized spacial score (nSPS) is 13.0. The molecule has 0 aliphatic heterocycles. The fraction of sp³-hybridized carbons (Fsp3) is 1.00. The van der Waals surface area contributed by atoms with Crippen molar-refractivity contribution < 1.29 is 31.8 Å². The van der Waals surface area contributed by atoms with Crippen LogP contribution in [0.15, 0.2) is 0 Å². The monoisotopic (exact) mass is 314 g/mol. The van der Waals surface area contributed by atoms with E-state index in [4.69, 9.17) is 6.33 Å². The Morgan fingerprint density at radius 2 is 1.28 bits per heavy atom. The van der Waals surface area contributed by atoms with E-state index >= 15 is 0 Å². The number of hydrogen-bond donors (Lipinski definition) is 2. The molecular weight excluding hydrogens is 284 g/mol. The van der Waals surface area contributed by atoms with Crippen LogP contribution in [0.1, 0.15) is 53.4 Å². The van der Waals surface area contributed by atoms with Gasteiger partial charge < -0.3 is 0 Å². The average Bonchev–Trinajstić information content (AvgIpc) is 2.27. The van der Waals surface area contributed by atoms with Crippen molar-refractivity contribution in [3.8, 4) is 0 Å². The molecule has 0 saturated carbocycles. The fourth-order valence-electron chi connectivity index (χ4n) is 2.44. The predicted molar refractivity (Wildman–Crippen MR) is 72.8 cm³/mol. The van der Waals surface area contributed by atoms with Crippen LogP contribution in [0.3, 0.4) is 0 Å². The average molecular weight is 314 g/mol. The third kappa shape index (κ3) is 7.38. The molecule has 0 fully saturated rings. The third-order valence-corrected chi connectivity index (χ3v) is 12.1. The first-order chi connectivity index (χ1) is 8.45. The SMILES string of the molecule is CCC[O][Ti]([OH])([OH])[O][Si](CCC)(CCC)CCC. The summed E-state index contributed by atoms with van der Waals surface area (Å²) in [5, 5.41) is 0. The Labute approximate surface area is 118 Å². The first-order valence-electron chi connectivity index (χ1n) is 7.24. The van der Waals surface area contributed by atoms with Crippen LogP contribution in [-0.4, -0.2) is 22.3 Å². The molecule has 110 valence electrons. The maximum absolute atomic E-state index is 9.99. The van der Waals surface area contributed by atoms with Crippen molar-refractivity contribution in [3.05, 3.63) is 0 Å². The molecule has 2 N–H and O–H groups in total. The standard InChI is InChI=1S/C9H21OSi.C3H7O.2H2O.Ti/c1-4-7-11(10,8-5-2)9-6-3;1-2-3-4;;;/h4-9H2,1-3H3;2-3H2,1H3;2*1H2;/q2*-1;;;+4/p-2. The van der Waals surface area contributed by atoms with Crippen molar-refractivity contribution in [3.63, 3.8) is 0 Å². The van der Waals surface area contributed by atoms with E-state index in [9.17, 15) is 7.38 Å². The van der Waals surface area contributed by atoms with Crippen molar-refractivity contribution in [1.29, 1.82) is 0 Å². The Kier molecular flexibility index (Phi) is 10.1. The Bertz CT molecular complexity index is 197. The van der Waals surface area contributed by atoms with E-state index in [2.05, 4.69) is 20.8 Å². The molecule has 0 heterocycles. The van der Waals surface area contributed by atoms with Gasteiger partial charge in [0.05, 0.1) is 0 Å². The van der Waals surface area contributed by atoms with Gasteiger partial charge in [0, 0.05) is 0 Å². The molecular formula is C12H30O4SiTi. The fourth-order valence-corrected chi connectivity index (χ4v) is 11.9. The van der Waals surface area contributed by atoms with Crippen LogP contribution in [0.5, 0.6) is 0 Å². The second kappa shape index (κ2) is 9.64. The van der Waals surface area contributed by atoms with Gasteiger partial charge in [0.2, 0.25) is 0 Å². The Balaban J connectivity index is 4.71. The van der Waals surface area contributed by atoms with Crippen LogP contribution in [0.4, 0.5) is 0 Å². The van der Waals surface area contributed by atoms with Gasteiger partial charge in [-0.25, -0.2) is 0 Å². The van der Waals surface area contributed by atoms with Crippen molar-refractivity contribution in [2.24, 2.45) is 0 Å². The van der Waals surface area contributed by atoms with E-state index in [1.807, 2.05) is 6.92 Å². The maximum atomic E-state index is 9.99. The van der Waals surface area contributed by atoms with E-state index in [1.54, 1.807) is 0 Å². The molecule has 18 heavy (non-hydrogen) atoms. The van der Waals surface area contributed by atoms with Crippen molar-refractivity contribution in [2.45, 2.75) is 71.5 Å². The van der Waals surface area contributed by atoms with E-state index in [0.717, 1.165) is 43.8 Å². The van der Waals surface area contributed by atoms with Crippen LogP contribution in [0.2, 0.25) is 18.1 Å². The second-order valence-electron chi connectivity index (χ2n) is 4.93. The molecule has 0 rings (SSSR count). The molecule has 0 unspecified atom stereocenters. The van der Waals surface area contributed by atoms with E-state index in [1.165, 1.54) is 0 Å². The minimum absolute atomic E-state index is 0.377. The van der Waals surface area contributed by atoms with Gasteiger partial charge in [-0.2, -0.15) is 0 Å². The Morgan fingerprint density at radius 3 is 1.61 bits per heavy atom. The first-order valence-corrected chi connectivity index (χ1v) is 12.4. The van der Waals surface area contributed by atoms with Crippen LogP contribution in [0, 0.1) is 0 Å². The molecule has 0 aromatic carbocycles. The van der Waals surface area contributed by atoms with Gasteiger partial charge in [0.25, 0.3) is 0 Å². The summed E-state index contributed by atoms with van der Waals surface area (Å²) >= 11 is -4.44. The zero-order chi connectivity index (χ0) is 14.1. The molecule has 0 bridgehead atoms. The zero-order valence-corrected chi connectivity index (χ0v) is 14.9. The van der Waals surface area contributed by atoms with Gasteiger partial charge in [0.15, 0.2) is 0 Å². The molecule has 0 aliphatic carbocycles. The Morgan fingerprint density at radius 1 is 0.833 bits per heavy atom. The van der Waals surface area contributed by atoms with Gasteiger partial charge in [-0.3, -0.25) is 0 Å². The van der Waals surface area contributed by atoms with E-state index in [0.29, 0.717) is 6.61 Å². The molecule has 0 amide bonds. The third-order valence-electron chi connectivity index (χ3n) is 2.96. The number of rotatable bonds is 11. The summed E-state index contributed by atoms with van der Waals surface area (Å²) in [5.74, 6) is 0. The quantitative estimate of drug-likeness (QED) is 0.574. The Hall–Kier alpha value is 0.771. The molecule has 0 radical (unpaired) electrons.